The van der Waals surface area contributed by atoms with Crippen LogP contribution in [0.4, 0.5) is 4.79 Å². The second-order valence-electron chi connectivity index (χ2n) is 15.7. The zero-order chi connectivity index (χ0) is 42.7. The first-order chi connectivity index (χ1) is 28.4. The van der Waals surface area contributed by atoms with Gasteiger partial charge in [0.25, 0.3) is 0 Å². The minimum absolute atomic E-state index is 0.0391. The molecule has 2 aliphatic heterocycles. The second-order valence-corrected chi connectivity index (χ2v) is 17.0. The first-order valence-corrected chi connectivity index (χ1v) is 22.0. The Hall–Kier alpha value is -4.67. The van der Waals surface area contributed by atoms with E-state index < -0.39 is 35.8 Å². The van der Waals surface area contributed by atoms with Crippen LogP contribution in [0.3, 0.4) is 0 Å². The van der Waals surface area contributed by atoms with Gasteiger partial charge >= 0.3 is 6.03 Å². The van der Waals surface area contributed by atoms with Crippen LogP contribution in [0.5, 0.6) is 0 Å². The Kier molecular flexibility index (Phi) is 19.5. The van der Waals surface area contributed by atoms with Crippen molar-refractivity contribution in [1.29, 1.82) is 0 Å². The van der Waals surface area contributed by atoms with E-state index in [2.05, 4.69) is 21.3 Å². The van der Waals surface area contributed by atoms with Crippen LogP contribution in [-0.2, 0) is 24.0 Å². The molecule has 2 saturated heterocycles. The number of nitrogens with zero attached hydrogens (tertiary/aromatic N) is 3. The number of rotatable bonds is 26. The molecule has 2 aromatic rings. The number of hydrogen-bond acceptors (Lipinski definition) is 9. The minimum Gasteiger partial charge on any atom is -0.368 e. The van der Waals surface area contributed by atoms with Gasteiger partial charge in [0.2, 0.25) is 29.5 Å². The van der Waals surface area contributed by atoms with Gasteiger partial charge in [-0.3, -0.25) is 28.9 Å². The van der Waals surface area contributed by atoms with Crippen molar-refractivity contribution >= 4 is 47.3 Å². The monoisotopic (exact) mass is 835 g/mol. The number of amides is 7. The maximum Gasteiger partial charge on any atom is 0.315 e. The maximum atomic E-state index is 14.3. The van der Waals surface area contributed by atoms with Gasteiger partial charge in [-0.25, -0.2) is 4.79 Å². The lowest BCUT2D eigenvalue weighted by molar-refractivity contribution is -0.145. The molecule has 0 aromatic heterocycles. The Balaban J connectivity index is 1.30. The Morgan fingerprint density at radius 3 is 2.05 bits per heavy atom. The van der Waals surface area contributed by atoms with Crippen molar-refractivity contribution < 1.29 is 28.8 Å². The van der Waals surface area contributed by atoms with Crippen LogP contribution in [-0.4, -0.2) is 126 Å². The molecule has 6 atom stereocenters. The number of carbonyl (C=O) groups is 6. The summed E-state index contributed by atoms with van der Waals surface area (Å²) in [5.41, 5.74) is 13.1. The zero-order valence-corrected chi connectivity index (χ0v) is 35.7. The predicted molar refractivity (Wildman–Crippen MR) is 231 cm³/mol. The van der Waals surface area contributed by atoms with Crippen molar-refractivity contribution in [1.82, 2.24) is 36.0 Å². The normalized spacial score (nSPS) is 18.5. The number of benzene rings is 2. The molecular weight excluding hydrogens is 771 g/mol. The van der Waals surface area contributed by atoms with Crippen molar-refractivity contribution in [2.75, 3.05) is 52.1 Å². The van der Waals surface area contributed by atoms with E-state index >= 15 is 0 Å². The molecule has 15 nitrogen and oxygen atoms in total. The number of fused-ring (bicyclic) bond motifs is 1. The summed E-state index contributed by atoms with van der Waals surface area (Å²) >= 11 is 1.86. The van der Waals surface area contributed by atoms with Gasteiger partial charge < -0.3 is 42.5 Å². The van der Waals surface area contributed by atoms with Crippen LogP contribution in [0.15, 0.2) is 60.7 Å². The lowest BCUT2D eigenvalue weighted by atomic mass is 10.0. The molecule has 2 fully saturated rings. The molecule has 324 valence electrons. The molecule has 8 N–H and O–H groups in total. The number of primary amides is 1. The summed E-state index contributed by atoms with van der Waals surface area (Å²) in [6.07, 6.45) is 6.07. The van der Waals surface area contributed by atoms with E-state index in [9.17, 15) is 28.8 Å². The molecule has 4 rings (SSSR count). The third-order valence-electron chi connectivity index (χ3n) is 11.2. The number of unbranched alkanes of at least 4 members (excludes halogenated alkanes) is 3. The SMILES string of the molecule is C[C@@H](c1ccccc1)N(CC(=O)N[C@@H](CCCCNC(=O)CCCCC1SC[C@@H]2NC(=O)N[C@H]12)C(N)=O)C(=O)CN(C(=O)CN(C)CCCCN)[C@@H](C)c1ccccc1. The Bertz CT molecular complexity index is 1670. The zero-order valence-electron chi connectivity index (χ0n) is 34.9. The van der Waals surface area contributed by atoms with Gasteiger partial charge in [-0.2, -0.15) is 11.8 Å². The molecule has 16 heteroatoms. The predicted octanol–water partition coefficient (Wildman–Crippen LogP) is 2.82. The fourth-order valence-corrected chi connectivity index (χ4v) is 9.16. The van der Waals surface area contributed by atoms with Gasteiger partial charge in [-0.05, 0) is 90.1 Å². The average molecular weight is 836 g/mol. The van der Waals surface area contributed by atoms with Gasteiger partial charge in [0.05, 0.1) is 30.7 Å². The quantitative estimate of drug-likeness (QED) is 0.0607. The molecule has 59 heavy (non-hydrogen) atoms. The third kappa shape index (κ3) is 15.1. The van der Waals surface area contributed by atoms with Gasteiger partial charge in [0, 0.05) is 24.0 Å². The molecule has 0 spiro atoms. The highest BCUT2D eigenvalue weighted by molar-refractivity contribution is 8.00. The summed E-state index contributed by atoms with van der Waals surface area (Å²) in [6.45, 7) is 4.88. The topological polar surface area (TPSA) is 212 Å². The van der Waals surface area contributed by atoms with E-state index in [1.807, 2.05) is 98.2 Å². The number of likely N-dealkylation sites (N-methyl/N-ethyl adjacent to an activating group) is 1. The summed E-state index contributed by atoms with van der Waals surface area (Å²) in [7, 11) is 1.87. The highest BCUT2D eigenvalue weighted by Crippen LogP contribution is 2.33. The number of carbonyl (C=O) groups excluding carboxylic acids is 6. The van der Waals surface area contributed by atoms with E-state index in [-0.39, 0.29) is 56.0 Å². The summed E-state index contributed by atoms with van der Waals surface area (Å²) in [4.78, 5) is 83.3. The van der Waals surface area contributed by atoms with E-state index in [1.54, 1.807) is 4.90 Å². The van der Waals surface area contributed by atoms with Crippen LogP contribution in [0.1, 0.15) is 94.8 Å². The van der Waals surface area contributed by atoms with Crippen molar-refractivity contribution in [3.05, 3.63) is 71.8 Å². The standard InChI is InChI=1S/C43H65N9O6S/c1-30(32-16-6-4-7-17-32)51(40(56)28-52(31(2)33-18-8-5-9-19-33)39(55)27-50(3)25-15-13-23-44)26-38(54)47-34(42(45)57)20-12-14-24-46-37(53)22-11-10-21-36-41-35(29-59-36)48-43(58)49-41/h4-9,16-19,30-31,34-36,41H,10-15,20-29,44H2,1-3H3,(H2,45,57)(H,46,53)(H,47,54)(H2,48,49,58)/t30-,31-,34-,35-,36?,41-/m0/s1. The highest BCUT2D eigenvalue weighted by Gasteiger charge is 2.42. The van der Waals surface area contributed by atoms with E-state index in [0.29, 0.717) is 44.1 Å². The minimum atomic E-state index is -0.971. The van der Waals surface area contributed by atoms with E-state index in [0.717, 1.165) is 49.0 Å². The largest absolute Gasteiger partial charge is 0.368 e. The summed E-state index contributed by atoms with van der Waals surface area (Å²) in [5.74, 6) is -1.02. The number of urea groups is 1. The van der Waals surface area contributed by atoms with Crippen molar-refractivity contribution in [3.63, 3.8) is 0 Å². The summed E-state index contributed by atoms with van der Waals surface area (Å²) in [6, 6.07) is 17.1. The van der Waals surface area contributed by atoms with Gasteiger partial charge in [-0.1, -0.05) is 67.1 Å². The lowest BCUT2D eigenvalue weighted by Crippen LogP contribution is -2.52. The number of nitrogens with one attached hydrogen (secondary N) is 4. The first-order valence-electron chi connectivity index (χ1n) is 21.0. The van der Waals surface area contributed by atoms with Crippen LogP contribution in [0.25, 0.3) is 0 Å². The summed E-state index contributed by atoms with van der Waals surface area (Å²) < 4.78 is 0. The van der Waals surface area contributed by atoms with Crippen LogP contribution < -0.4 is 32.7 Å². The highest BCUT2D eigenvalue weighted by atomic mass is 32.2. The number of hydrogen-bond donors (Lipinski definition) is 6. The van der Waals surface area contributed by atoms with Crippen LogP contribution >= 0.6 is 11.8 Å². The van der Waals surface area contributed by atoms with Gasteiger partial charge in [-0.15, -0.1) is 0 Å². The molecule has 2 aliphatic rings. The average Bonchev–Trinajstić information content (AvgIpc) is 3.78. The third-order valence-corrected chi connectivity index (χ3v) is 12.7. The molecule has 2 heterocycles. The second kappa shape index (κ2) is 24.4. The van der Waals surface area contributed by atoms with Gasteiger partial charge in [0.1, 0.15) is 19.1 Å². The Morgan fingerprint density at radius 1 is 0.797 bits per heavy atom. The molecule has 0 aliphatic carbocycles. The molecule has 1 unspecified atom stereocenters. The Morgan fingerprint density at radius 2 is 1.42 bits per heavy atom. The molecule has 0 saturated carbocycles. The molecule has 7 amide bonds. The van der Waals surface area contributed by atoms with Crippen molar-refractivity contribution in [2.24, 2.45) is 11.5 Å². The molecule has 0 radical (unpaired) electrons. The maximum absolute atomic E-state index is 14.3. The van der Waals surface area contributed by atoms with Gasteiger partial charge in [0.15, 0.2) is 0 Å². The van der Waals surface area contributed by atoms with Crippen LogP contribution in [0, 0.1) is 0 Å². The molecule has 2 aromatic carbocycles. The van der Waals surface area contributed by atoms with Crippen molar-refractivity contribution in [3.8, 4) is 0 Å². The number of thioether (sulfide) groups is 1. The first kappa shape index (κ1) is 47.0. The number of nitrogens with two attached hydrogens (primary N) is 2. The fourth-order valence-electron chi connectivity index (χ4n) is 7.61. The fraction of sp³-hybridized carbons (Fsp3) is 0.581. The van der Waals surface area contributed by atoms with E-state index in [4.69, 9.17) is 11.5 Å². The van der Waals surface area contributed by atoms with E-state index in [1.165, 1.54) is 4.90 Å². The molecular formula is C43H65N9O6S. The lowest BCUT2D eigenvalue weighted by Gasteiger charge is -2.35. The van der Waals surface area contributed by atoms with Crippen molar-refractivity contribution in [2.45, 2.75) is 107 Å². The Labute approximate surface area is 353 Å². The smallest absolute Gasteiger partial charge is 0.315 e. The molecule has 0 bridgehead atoms. The van der Waals surface area contributed by atoms with Crippen LogP contribution in [0.2, 0.25) is 0 Å². The summed E-state index contributed by atoms with van der Waals surface area (Å²) in [5, 5.41) is 12.0.